The van der Waals surface area contributed by atoms with E-state index >= 15 is 0 Å². The molecule has 0 aliphatic carbocycles. The molecule has 1 fully saturated rings. The third kappa shape index (κ3) is 3.01. The van der Waals surface area contributed by atoms with Crippen molar-refractivity contribution in [1.29, 1.82) is 0 Å². The molecule has 1 aliphatic rings. The van der Waals surface area contributed by atoms with Crippen molar-refractivity contribution in [1.82, 2.24) is 10.6 Å². The number of carbonyl (C=O) groups is 1. The van der Waals surface area contributed by atoms with Crippen molar-refractivity contribution in [2.45, 2.75) is 12.7 Å². The van der Waals surface area contributed by atoms with E-state index in [1.807, 2.05) is 0 Å². The lowest BCUT2D eigenvalue weighted by atomic mass is 10.3. The Bertz CT molecular complexity index is 216. The van der Waals surface area contributed by atoms with E-state index in [-0.39, 0.29) is 5.78 Å². The standard InChI is InChI=1S/C9H16N2O3/c1-13-9(14-2)7(12)6-8-10-4-3-5-11-8/h6,9-11H,3-5H2,1-2H3. The molecule has 1 saturated heterocycles. The van der Waals surface area contributed by atoms with Gasteiger partial charge in [-0.2, -0.15) is 0 Å². The lowest BCUT2D eigenvalue weighted by Gasteiger charge is -2.19. The van der Waals surface area contributed by atoms with Crippen molar-refractivity contribution in [3.8, 4) is 0 Å². The number of carbonyl (C=O) groups excluding carboxylic acids is 1. The molecule has 5 nitrogen and oxygen atoms in total. The van der Waals surface area contributed by atoms with Crippen LogP contribution in [0.25, 0.3) is 0 Å². The predicted molar refractivity (Wildman–Crippen MR) is 51.5 cm³/mol. The Kier molecular flexibility index (Phi) is 4.42. The maximum atomic E-state index is 11.5. The van der Waals surface area contributed by atoms with Gasteiger partial charge >= 0.3 is 0 Å². The molecule has 2 N–H and O–H groups in total. The molecule has 0 bridgehead atoms. The van der Waals surface area contributed by atoms with Gasteiger partial charge in [-0.15, -0.1) is 0 Å². The SMILES string of the molecule is COC(OC)C(=O)C=C1NCCCN1. The van der Waals surface area contributed by atoms with Gasteiger partial charge in [0.1, 0.15) is 5.82 Å². The van der Waals surface area contributed by atoms with Crippen LogP contribution in [0.5, 0.6) is 0 Å². The van der Waals surface area contributed by atoms with E-state index in [1.54, 1.807) is 0 Å². The molecule has 1 heterocycles. The van der Waals surface area contributed by atoms with Crippen LogP contribution in [-0.2, 0) is 14.3 Å². The summed E-state index contributed by atoms with van der Waals surface area (Å²) < 4.78 is 9.66. The minimum absolute atomic E-state index is 0.202. The van der Waals surface area contributed by atoms with Crippen molar-refractivity contribution in [3.63, 3.8) is 0 Å². The van der Waals surface area contributed by atoms with Gasteiger partial charge in [-0.25, -0.2) is 0 Å². The van der Waals surface area contributed by atoms with Crippen LogP contribution in [0.4, 0.5) is 0 Å². The smallest absolute Gasteiger partial charge is 0.221 e. The number of hydrogen-bond acceptors (Lipinski definition) is 5. The first kappa shape index (κ1) is 11.0. The second kappa shape index (κ2) is 5.62. The largest absolute Gasteiger partial charge is 0.372 e. The quantitative estimate of drug-likeness (QED) is 0.477. The normalized spacial score (nSPS) is 16.1. The highest BCUT2D eigenvalue weighted by Gasteiger charge is 2.15. The summed E-state index contributed by atoms with van der Waals surface area (Å²) in [5.74, 6) is 0.534. The van der Waals surface area contributed by atoms with Crippen LogP contribution in [0.15, 0.2) is 11.9 Å². The van der Waals surface area contributed by atoms with Gasteiger partial charge in [0.15, 0.2) is 0 Å². The van der Waals surface area contributed by atoms with Gasteiger partial charge in [0.05, 0.1) is 0 Å². The molecule has 0 radical (unpaired) electrons. The average Bonchev–Trinajstić information content (AvgIpc) is 2.21. The van der Waals surface area contributed by atoms with Crippen molar-refractivity contribution in [2.75, 3.05) is 27.3 Å². The van der Waals surface area contributed by atoms with Crippen LogP contribution >= 0.6 is 0 Å². The van der Waals surface area contributed by atoms with Crippen molar-refractivity contribution in [3.05, 3.63) is 11.9 Å². The Morgan fingerprint density at radius 1 is 1.36 bits per heavy atom. The minimum Gasteiger partial charge on any atom is -0.372 e. The molecule has 0 amide bonds. The molecule has 0 aromatic carbocycles. The van der Waals surface area contributed by atoms with Crippen LogP contribution in [0.2, 0.25) is 0 Å². The maximum absolute atomic E-state index is 11.5. The minimum atomic E-state index is -0.812. The number of methoxy groups -OCH3 is 2. The van der Waals surface area contributed by atoms with E-state index in [0.29, 0.717) is 0 Å². The van der Waals surface area contributed by atoms with E-state index in [1.165, 1.54) is 20.3 Å². The van der Waals surface area contributed by atoms with Gasteiger partial charge in [0.25, 0.3) is 0 Å². The number of ether oxygens (including phenoxy) is 2. The second-order valence-electron chi connectivity index (χ2n) is 2.97. The van der Waals surface area contributed by atoms with Gasteiger partial charge < -0.3 is 20.1 Å². The van der Waals surface area contributed by atoms with Crippen molar-refractivity contribution in [2.24, 2.45) is 0 Å². The fraction of sp³-hybridized carbons (Fsp3) is 0.667. The van der Waals surface area contributed by atoms with Crippen LogP contribution in [-0.4, -0.2) is 39.4 Å². The van der Waals surface area contributed by atoms with E-state index in [4.69, 9.17) is 9.47 Å². The summed E-state index contributed by atoms with van der Waals surface area (Å²) in [7, 11) is 2.87. The lowest BCUT2D eigenvalue weighted by molar-refractivity contribution is -0.151. The zero-order valence-corrected chi connectivity index (χ0v) is 8.50. The zero-order valence-electron chi connectivity index (χ0n) is 8.50. The highest BCUT2D eigenvalue weighted by Crippen LogP contribution is 1.98. The molecule has 0 spiro atoms. The average molecular weight is 200 g/mol. The second-order valence-corrected chi connectivity index (χ2v) is 2.97. The molecule has 80 valence electrons. The molecule has 0 aromatic heterocycles. The third-order valence-electron chi connectivity index (χ3n) is 1.93. The van der Waals surface area contributed by atoms with Crippen LogP contribution in [0.3, 0.4) is 0 Å². The van der Waals surface area contributed by atoms with Gasteiger partial charge in [0.2, 0.25) is 12.1 Å². The molecule has 1 aliphatic heterocycles. The molecule has 0 unspecified atom stereocenters. The van der Waals surface area contributed by atoms with Crippen LogP contribution in [0.1, 0.15) is 6.42 Å². The highest BCUT2D eigenvalue weighted by atomic mass is 16.7. The molecular formula is C9H16N2O3. The summed E-state index contributed by atoms with van der Waals surface area (Å²) in [5.41, 5.74) is 0. The molecule has 0 aromatic rings. The molecule has 14 heavy (non-hydrogen) atoms. The first-order valence-corrected chi connectivity index (χ1v) is 4.57. The topological polar surface area (TPSA) is 59.6 Å². The Hall–Kier alpha value is -1.07. The van der Waals surface area contributed by atoms with E-state index < -0.39 is 6.29 Å². The Balaban J connectivity index is 2.51. The fourth-order valence-corrected chi connectivity index (χ4v) is 1.24. The molecule has 5 heteroatoms. The van der Waals surface area contributed by atoms with Crippen molar-refractivity contribution < 1.29 is 14.3 Å². The number of hydrogen-bond donors (Lipinski definition) is 2. The van der Waals surface area contributed by atoms with Crippen LogP contribution in [0, 0.1) is 0 Å². The van der Waals surface area contributed by atoms with Gasteiger partial charge in [-0.1, -0.05) is 0 Å². The summed E-state index contributed by atoms with van der Waals surface area (Å²) in [4.78, 5) is 11.5. The Morgan fingerprint density at radius 2 is 1.93 bits per heavy atom. The number of rotatable bonds is 4. The van der Waals surface area contributed by atoms with Gasteiger partial charge in [0, 0.05) is 33.4 Å². The zero-order chi connectivity index (χ0) is 10.4. The summed E-state index contributed by atoms with van der Waals surface area (Å²) in [6.45, 7) is 1.77. The van der Waals surface area contributed by atoms with E-state index in [2.05, 4.69) is 10.6 Å². The van der Waals surface area contributed by atoms with Crippen LogP contribution < -0.4 is 10.6 Å². The summed E-state index contributed by atoms with van der Waals surface area (Å²) in [6.07, 6.45) is 1.72. The summed E-state index contributed by atoms with van der Waals surface area (Å²) in [6, 6.07) is 0. The summed E-state index contributed by atoms with van der Waals surface area (Å²) >= 11 is 0. The molecular weight excluding hydrogens is 184 g/mol. The Morgan fingerprint density at radius 3 is 2.43 bits per heavy atom. The highest BCUT2D eigenvalue weighted by molar-refractivity contribution is 5.93. The third-order valence-corrected chi connectivity index (χ3v) is 1.93. The summed E-state index contributed by atoms with van der Waals surface area (Å²) in [5, 5.41) is 6.14. The fourth-order valence-electron chi connectivity index (χ4n) is 1.24. The monoisotopic (exact) mass is 200 g/mol. The molecule has 0 saturated carbocycles. The lowest BCUT2D eigenvalue weighted by Crippen LogP contribution is -2.36. The number of nitrogens with one attached hydrogen (secondary N) is 2. The molecule has 1 rings (SSSR count). The van der Waals surface area contributed by atoms with E-state index in [0.717, 1.165) is 25.3 Å². The van der Waals surface area contributed by atoms with Gasteiger partial charge in [-0.3, -0.25) is 4.79 Å². The number of ketones is 1. The predicted octanol–water partition coefficient (Wildman–Crippen LogP) is -0.401. The van der Waals surface area contributed by atoms with Gasteiger partial charge in [-0.05, 0) is 6.42 Å². The molecule has 0 atom stereocenters. The van der Waals surface area contributed by atoms with E-state index in [9.17, 15) is 4.79 Å². The Labute approximate surface area is 83.5 Å². The first-order valence-electron chi connectivity index (χ1n) is 4.57. The van der Waals surface area contributed by atoms with Crippen molar-refractivity contribution >= 4 is 5.78 Å². The first-order chi connectivity index (χ1) is 6.77. The maximum Gasteiger partial charge on any atom is 0.221 e.